The highest BCUT2D eigenvalue weighted by molar-refractivity contribution is 7.89. The van der Waals surface area contributed by atoms with Crippen LogP contribution in [0, 0.1) is 12.7 Å². The molecule has 120 valence electrons. The van der Waals surface area contributed by atoms with Gasteiger partial charge in [-0.05, 0) is 38.4 Å². The van der Waals surface area contributed by atoms with Gasteiger partial charge in [0, 0.05) is 18.2 Å². The van der Waals surface area contributed by atoms with E-state index in [2.05, 4.69) is 10.0 Å². The number of benzene rings is 1. The summed E-state index contributed by atoms with van der Waals surface area (Å²) >= 11 is 0. The fraction of sp³-hybridized carbons (Fsp3) is 0.538. The molecule has 1 atom stereocenters. The first-order valence-electron chi connectivity index (χ1n) is 6.52. The first-order valence-corrected chi connectivity index (χ1v) is 8.00. The van der Waals surface area contributed by atoms with E-state index in [0.29, 0.717) is 6.54 Å². The SMILES string of the molecule is COc1ccc(S(=O)(=O)NC2CCCNC2)c(C)c1F.Cl. The zero-order valence-corrected chi connectivity index (χ0v) is 13.6. The maximum absolute atomic E-state index is 13.9. The number of halogens is 2. The Kier molecular flexibility index (Phi) is 6.40. The molecule has 0 radical (unpaired) electrons. The lowest BCUT2D eigenvalue weighted by Crippen LogP contribution is -2.45. The van der Waals surface area contributed by atoms with Crippen molar-refractivity contribution in [3.63, 3.8) is 0 Å². The smallest absolute Gasteiger partial charge is 0.241 e. The highest BCUT2D eigenvalue weighted by atomic mass is 35.5. The maximum Gasteiger partial charge on any atom is 0.241 e. The Morgan fingerprint density at radius 2 is 2.14 bits per heavy atom. The van der Waals surface area contributed by atoms with Crippen LogP contribution in [0.3, 0.4) is 0 Å². The van der Waals surface area contributed by atoms with E-state index in [1.165, 1.54) is 26.2 Å². The van der Waals surface area contributed by atoms with Gasteiger partial charge in [0.25, 0.3) is 0 Å². The highest BCUT2D eigenvalue weighted by Crippen LogP contribution is 2.26. The van der Waals surface area contributed by atoms with E-state index >= 15 is 0 Å². The molecule has 2 N–H and O–H groups in total. The van der Waals surface area contributed by atoms with Gasteiger partial charge in [-0.15, -0.1) is 12.4 Å². The third-order valence-corrected chi connectivity index (χ3v) is 5.09. The fourth-order valence-corrected chi connectivity index (χ4v) is 3.83. The number of hydrogen-bond acceptors (Lipinski definition) is 4. The van der Waals surface area contributed by atoms with Gasteiger partial charge in [-0.1, -0.05) is 0 Å². The Bertz CT molecular complexity index is 589. The van der Waals surface area contributed by atoms with Crippen LogP contribution in [0.25, 0.3) is 0 Å². The second kappa shape index (κ2) is 7.40. The van der Waals surface area contributed by atoms with Crippen molar-refractivity contribution >= 4 is 22.4 Å². The summed E-state index contributed by atoms with van der Waals surface area (Å²) in [4.78, 5) is -0.0404. The molecule has 2 rings (SSSR count). The van der Waals surface area contributed by atoms with Crippen molar-refractivity contribution in [1.29, 1.82) is 0 Å². The van der Waals surface area contributed by atoms with Crippen LogP contribution in [0.15, 0.2) is 17.0 Å². The van der Waals surface area contributed by atoms with Crippen LogP contribution in [-0.2, 0) is 10.0 Å². The molecule has 0 spiro atoms. The summed E-state index contributed by atoms with van der Waals surface area (Å²) in [5.74, 6) is -0.599. The Labute approximate surface area is 130 Å². The Morgan fingerprint density at radius 1 is 1.43 bits per heavy atom. The van der Waals surface area contributed by atoms with Crippen molar-refractivity contribution < 1.29 is 17.5 Å². The van der Waals surface area contributed by atoms with Crippen molar-refractivity contribution in [2.24, 2.45) is 0 Å². The molecular formula is C13H20ClFN2O3S. The van der Waals surface area contributed by atoms with Crippen LogP contribution in [0.1, 0.15) is 18.4 Å². The van der Waals surface area contributed by atoms with Crippen molar-refractivity contribution in [2.75, 3.05) is 20.2 Å². The van der Waals surface area contributed by atoms with Gasteiger partial charge >= 0.3 is 0 Å². The van der Waals surface area contributed by atoms with Gasteiger partial charge < -0.3 is 10.1 Å². The zero-order chi connectivity index (χ0) is 14.8. The Balaban J connectivity index is 0.00000220. The van der Waals surface area contributed by atoms with Crippen molar-refractivity contribution in [3.05, 3.63) is 23.5 Å². The van der Waals surface area contributed by atoms with E-state index in [1.807, 2.05) is 0 Å². The van der Waals surface area contributed by atoms with Crippen molar-refractivity contribution in [3.8, 4) is 5.75 Å². The lowest BCUT2D eigenvalue weighted by atomic mass is 10.1. The molecule has 1 aromatic carbocycles. The normalized spacial score (nSPS) is 18.9. The molecular weight excluding hydrogens is 319 g/mol. The first kappa shape index (κ1) is 18.2. The minimum atomic E-state index is -3.72. The molecule has 1 unspecified atom stereocenters. The van der Waals surface area contributed by atoms with Crippen LogP contribution >= 0.6 is 12.4 Å². The number of methoxy groups -OCH3 is 1. The Morgan fingerprint density at radius 3 is 2.71 bits per heavy atom. The van der Waals surface area contributed by atoms with E-state index in [-0.39, 0.29) is 34.7 Å². The highest BCUT2D eigenvalue weighted by Gasteiger charge is 2.25. The number of hydrogen-bond donors (Lipinski definition) is 2. The number of ether oxygens (including phenoxy) is 1. The standard InChI is InChI=1S/C13H19FN2O3S.ClH/c1-9-12(6-5-11(19-2)13(9)14)20(17,18)16-10-4-3-7-15-8-10;/h5-6,10,15-16H,3-4,7-8H2,1-2H3;1H. The second-order valence-corrected chi connectivity index (χ2v) is 6.55. The predicted octanol–water partition coefficient (Wildman–Crippen LogP) is 1.59. The van der Waals surface area contributed by atoms with E-state index in [4.69, 9.17) is 4.74 Å². The van der Waals surface area contributed by atoms with Crippen molar-refractivity contribution in [1.82, 2.24) is 10.0 Å². The maximum atomic E-state index is 13.9. The van der Waals surface area contributed by atoms with Gasteiger partial charge in [0.05, 0.1) is 12.0 Å². The molecule has 1 aliphatic heterocycles. The summed E-state index contributed by atoms with van der Waals surface area (Å²) < 4.78 is 46.1. The molecule has 1 saturated heterocycles. The topological polar surface area (TPSA) is 67.4 Å². The molecule has 0 saturated carbocycles. The second-order valence-electron chi connectivity index (χ2n) is 4.87. The molecule has 5 nitrogen and oxygen atoms in total. The predicted molar refractivity (Wildman–Crippen MR) is 81.2 cm³/mol. The number of sulfonamides is 1. The molecule has 1 aliphatic rings. The minimum absolute atomic E-state index is 0. The van der Waals surface area contributed by atoms with Crippen LogP contribution in [0.4, 0.5) is 4.39 Å². The van der Waals surface area contributed by atoms with Crippen LogP contribution < -0.4 is 14.8 Å². The van der Waals surface area contributed by atoms with E-state index in [1.54, 1.807) is 0 Å². The number of piperidine rings is 1. The molecule has 0 amide bonds. The van der Waals surface area contributed by atoms with Gasteiger partial charge in [0.2, 0.25) is 10.0 Å². The lowest BCUT2D eigenvalue weighted by Gasteiger charge is -2.24. The molecule has 8 heteroatoms. The van der Waals surface area contributed by atoms with Crippen LogP contribution in [0.2, 0.25) is 0 Å². The molecule has 1 aromatic rings. The molecule has 21 heavy (non-hydrogen) atoms. The zero-order valence-electron chi connectivity index (χ0n) is 12.0. The van der Waals surface area contributed by atoms with Crippen molar-refractivity contribution in [2.45, 2.75) is 30.7 Å². The average Bonchev–Trinajstić information content (AvgIpc) is 2.42. The largest absolute Gasteiger partial charge is 0.494 e. The lowest BCUT2D eigenvalue weighted by molar-refractivity contribution is 0.383. The quantitative estimate of drug-likeness (QED) is 0.875. The Hall–Kier alpha value is -0.890. The van der Waals surface area contributed by atoms with E-state index in [0.717, 1.165) is 19.4 Å². The summed E-state index contributed by atoms with van der Waals surface area (Å²) in [6.45, 7) is 2.93. The third-order valence-electron chi connectivity index (χ3n) is 3.43. The van der Waals surface area contributed by atoms with Gasteiger partial charge in [0.1, 0.15) is 0 Å². The fourth-order valence-electron chi connectivity index (χ4n) is 2.33. The van der Waals surface area contributed by atoms with E-state index < -0.39 is 15.8 Å². The van der Waals surface area contributed by atoms with Crippen LogP contribution in [0.5, 0.6) is 5.75 Å². The molecule has 0 aromatic heterocycles. The van der Waals surface area contributed by atoms with Gasteiger partial charge in [-0.25, -0.2) is 17.5 Å². The van der Waals surface area contributed by atoms with Crippen LogP contribution in [-0.4, -0.2) is 34.7 Å². The minimum Gasteiger partial charge on any atom is -0.494 e. The molecule has 0 aliphatic carbocycles. The molecule has 0 bridgehead atoms. The average molecular weight is 339 g/mol. The molecule has 1 fully saturated rings. The van der Waals surface area contributed by atoms with E-state index in [9.17, 15) is 12.8 Å². The van der Waals surface area contributed by atoms with Gasteiger partial charge in [0.15, 0.2) is 11.6 Å². The monoisotopic (exact) mass is 338 g/mol. The summed E-state index contributed by atoms with van der Waals surface area (Å²) in [6.07, 6.45) is 1.70. The summed E-state index contributed by atoms with van der Waals surface area (Å²) in [5.41, 5.74) is 0.0700. The summed E-state index contributed by atoms with van der Waals surface area (Å²) in [7, 11) is -2.38. The number of nitrogens with one attached hydrogen (secondary N) is 2. The number of rotatable bonds is 4. The third kappa shape index (κ3) is 4.06. The van der Waals surface area contributed by atoms with Gasteiger partial charge in [-0.3, -0.25) is 0 Å². The first-order chi connectivity index (χ1) is 9.45. The van der Waals surface area contributed by atoms with Gasteiger partial charge in [-0.2, -0.15) is 0 Å². The summed E-state index contributed by atoms with van der Waals surface area (Å²) in [5, 5.41) is 3.13. The molecule has 1 heterocycles. The summed E-state index contributed by atoms with van der Waals surface area (Å²) in [6, 6.07) is 2.55.